The summed E-state index contributed by atoms with van der Waals surface area (Å²) in [5.74, 6) is 2.30. The molecular weight excluding hydrogens is 414 g/mol. The molecule has 1 spiro atoms. The molecule has 0 saturated carbocycles. The summed E-state index contributed by atoms with van der Waals surface area (Å²) >= 11 is 0. The highest BCUT2D eigenvalue weighted by atomic mass is 16.5. The smallest absolute Gasteiger partial charge is 0.259 e. The van der Waals surface area contributed by atoms with Gasteiger partial charge in [0.25, 0.3) is 5.91 Å². The Bertz CT molecular complexity index is 1160. The first kappa shape index (κ1) is 21.7. The van der Waals surface area contributed by atoms with Crippen molar-refractivity contribution in [1.82, 2.24) is 19.6 Å². The van der Waals surface area contributed by atoms with Gasteiger partial charge in [-0.1, -0.05) is 25.9 Å². The van der Waals surface area contributed by atoms with Crippen molar-refractivity contribution in [3.8, 4) is 5.82 Å². The lowest BCUT2D eigenvalue weighted by atomic mass is 9.88. The summed E-state index contributed by atoms with van der Waals surface area (Å²) < 4.78 is 7.72. The quantitative estimate of drug-likeness (QED) is 0.547. The summed E-state index contributed by atoms with van der Waals surface area (Å²) in [6, 6.07) is 8.47. The van der Waals surface area contributed by atoms with Crippen molar-refractivity contribution in [2.45, 2.75) is 58.9 Å². The van der Waals surface area contributed by atoms with Crippen LogP contribution in [0.25, 0.3) is 5.82 Å². The first-order chi connectivity index (χ1) is 16.0. The Labute approximate surface area is 195 Å². The number of carbonyl (C=O) groups excluding carboxylic acids is 1. The molecule has 3 aromatic heterocycles. The van der Waals surface area contributed by atoms with E-state index in [9.17, 15) is 4.79 Å². The summed E-state index contributed by atoms with van der Waals surface area (Å²) in [7, 11) is 0. The Balaban J connectivity index is 1.54. The van der Waals surface area contributed by atoms with Crippen molar-refractivity contribution >= 4 is 11.6 Å². The standard InChI is InChI=1S/C26H33N5O2/c1-5-8-21-23(19(4)28-33-21)25(32)29-16-12-26(17-29)22-10-7-14-30(22)24-20(9-6-13-27-24)31(26)15-11-18(2)3/h6-7,9-10,13-14,18H,5,8,11-12,15-17H2,1-4H3/t26-/m1/s1. The fourth-order valence-corrected chi connectivity index (χ4v) is 5.46. The second-order valence-corrected chi connectivity index (χ2v) is 9.77. The zero-order chi connectivity index (χ0) is 23.2. The molecule has 33 heavy (non-hydrogen) atoms. The average molecular weight is 448 g/mol. The predicted octanol–water partition coefficient (Wildman–Crippen LogP) is 4.73. The van der Waals surface area contributed by atoms with Crippen LogP contribution in [0.2, 0.25) is 0 Å². The minimum atomic E-state index is -0.278. The van der Waals surface area contributed by atoms with Crippen molar-refractivity contribution in [3.05, 3.63) is 59.4 Å². The Morgan fingerprint density at radius 1 is 1.27 bits per heavy atom. The van der Waals surface area contributed by atoms with Gasteiger partial charge in [-0.05, 0) is 56.4 Å². The van der Waals surface area contributed by atoms with Crippen LogP contribution in [0.15, 0.2) is 41.2 Å². The van der Waals surface area contributed by atoms with E-state index in [4.69, 9.17) is 9.51 Å². The summed E-state index contributed by atoms with van der Waals surface area (Å²) in [5, 5.41) is 4.11. The molecule has 1 saturated heterocycles. The number of hydrogen-bond donors (Lipinski definition) is 0. The topological polar surface area (TPSA) is 67.4 Å². The maximum Gasteiger partial charge on any atom is 0.259 e. The number of likely N-dealkylation sites (tertiary alicyclic amines) is 1. The number of rotatable bonds is 6. The van der Waals surface area contributed by atoms with Crippen LogP contribution in [0.1, 0.15) is 67.5 Å². The third kappa shape index (κ3) is 3.45. The van der Waals surface area contributed by atoms with Crippen LogP contribution in [-0.2, 0) is 12.0 Å². The lowest BCUT2D eigenvalue weighted by Gasteiger charge is -2.47. The zero-order valence-corrected chi connectivity index (χ0v) is 20.0. The van der Waals surface area contributed by atoms with E-state index in [1.165, 1.54) is 5.69 Å². The van der Waals surface area contributed by atoms with Gasteiger partial charge in [0.15, 0.2) is 5.82 Å². The number of carbonyl (C=O) groups is 1. The minimum Gasteiger partial charge on any atom is -0.360 e. The first-order valence-electron chi connectivity index (χ1n) is 12.1. The van der Waals surface area contributed by atoms with Crippen molar-refractivity contribution < 1.29 is 9.32 Å². The molecule has 0 aromatic carbocycles. The van der Waals surface area contributed by atoms with Crippen LogP contribution >= 0.6 is 0 Å². The first-order valence-corrected chi connectivity index (χ1v) is 12.1. The molecular formula is C26H33N5O2. The molecule has 0 radical (unpaired) electrons. The van der Waals surface area contributed by atoms with Gasteiger partial charge in [-0.15, -0.1) is 0 Å². The van der Waals surface area contributed by atoms with Gasteiger partial charge in [-0.25, -0.2) is 4.98 Å². The fourth-order valence-electron chi connectivity index (χ4n) is 5.46. The molecule has 2 aliphatic rings. The van der Waals surface area contributed by atoms with Crippen LogP contribution in [0.5, 0.6) is 0 Å². The Morgan fingerprint density at radius 3 is 2.91 bits per heavy atom. The maximum absolute atomic E-state index is 13.7. The summed E-state index contributed by atoms with van der Waals surface area (Å²) in [6.45, 7) is 10.7. The van der Waals surface area contributed by atoms with Gasteiger partial charge in [0.1, 0.15) is 16.9 Å². The second kappa shape index (κ2) is 8.36. The lowest BCUT2D eigenvalue weighted by Crippen LogP contribution is -2.53. The number of hydrogen-bond acceptors (Lipinski definition) is 5. The van der Waals surface area contributed by atoms with E-state index < -0.39 is 0 Å². The minimum absolute atomic E-state index is 0.0352. The van der Waals surface area contributed by atoms with Crippen molar-refractivity contribution in [2.75, 3.05) is 24.5 Å². The Hall–Kier alpha value is -3.09. The number of nitrogens with zero attached hydrogens (tertiary/aromatic N) is 5. The highest BCUT2D eigenvalue weighted by Gasteiger charge is 2.51. The van der Waals surface area contributed by atoms with Crippen molar-refractivity contribution in [2.24, 2.45) is 5.92 Å². The van der Waals surface area contributed by atoms with Crippen molar-refractivity contribution in [1.29, 1.82) is 0 Å². The van der Waals surface area contributed by atoms with Crippen LogP contribution in [-0.4, -0.2) is 45.1 Å². The molecule has 1 amide bonds. The largest absolute Gasteiger partial charge is 0.360 e. The summed E-state index contributed by atoms with van der Waals surface area (Å²) in [6.07, 6.45) is 7.55. The summed E-state index contributed by atoms with van der Waals surface area (Å²) in [5.41, 5.74) is 3.41. The molecule has 2 aliphatic heterocycles. The van der Waals surface area contributed by atoms with Crippen LogP contribution < -0.4 is 4.90 Å². The number of aryl methyl sites for hydroxylation is 2. The Morgan fingerprint density at radius 2 is 2.12 bits per heavy atom. The second-order valence-electron chi connectivity index (χ2n) is 9.77. The molecule has 174 valence electrons. The number of aromatic nitrogens is 3. The molecule has 3 aromatic rings. The number of fused-ring (bicyclic) bond motifs is 4. The van der Waals surface area contributed by atoms with Gasteiger partial charge in [0.2, 0.25) is 0 Å². The molecule has 0 unspecified atom stereocenters. The van der Waals surface area contributed by atoms with E-state index in [2.05, 4.69) is 59.8 Å². The molecule has 7 nitrogen and oxygen atoms in total. The van der Waals surface area contributed by atoms with E-state index in [1.807, 2.05) is 24.1 Å². The van der Waals surface area contributed by atoms with Crippen LogP contribution in [0, 0.1) is 12.8 Å². The number of anilines is 1. The van der Waals surface area contributed by atoms with E-state index in [-0.39, 0.29) is 11.4 Å². The van der Waals surface area contributed by atoms with Gasteiger partial charge < -0.3 is 18.9 Å². The molecule has 0 aliphatic carbocycles. The molecule has 7 heteroatoms. The highest BCUT2D eigenvalue weighted by molar-refractivity contribution is 5.96. The van der Waals surface area contributed by atoms with Gasteiger partial charge >= 0.3 is 0 Å². The number of pyridine rings is 1. The van der Waals surface area contributed by atoms with Crippen LogP contribution in [0.3, 0.4) is 0 Å². The summed E-state index contributed by atoms with van der Waals surface area (Å²) in [4.78, 5) is 22.9. The average Bonchev–Trinajstić information content (AvgIpc) is 3.53. The maximum atomic E-state index is 13.7. The molecule has 5 rings (SSSR count). The zero-order valence-electron chi connectivity index (χ0n) is 20.0. The van der Waals surface area contributed by atoms with E-state index in [1.54, 1.807) is 0 Å². The van der Waals surface area contributed by atoms with Gasteiger partial charge in [-0.3, -0.25) is 4.79 Å². The monoisotopic (exact) mass is 447 g/mol. The van der Waals surface area contributed by atoms with Gasteiger partial charge in [0.05, 0.1) is 17.1 Å². The van der Waals surface area contributed by atoms with Crippen molar-refractivity contribution in [3.63, 3.8) is 0 Å². The molecule has 0 bridgehead atoms. The molecule has 1 atom stereocenters. The van der Waals surface area contributed by atoms with Crippen LogP contribution in [0.4, 0.5) is 5.69 Å². The fraction of sp³-hybridized carbons (Fsp3) is 0.500. The van der Waals surface area contributed by atoms with Gasteiger partial charge in [-0.2, -0.15) is 0 Å². The van der Waals surface area contributed by atoms with Gasteiger partial charge in [0, 0.05) is 38.4 Å². The van der Waals surface area contributed by atoms with E-state index in [0.717, 1.165) is 43.7 Å². The lowest BCUT2D eigenvalue weighted by molar-refractivity contribution is 0.0779. The highest BCUT2D eigenvalue weighted by Crippen LogP contribution is 2.47. The third-order valence-corrected chi connectivity index (χ3v) is 7.12. The third-order valence-electron chi connectivity index (χ3n) is 7.12. The Kier molecular flexibility index (Phi) is 5.51. The predicted molar refractivity (Wildman–Crippen MR) is 128 cm³/mol. The SMILES string of the molecule is CCCc1onc(C)c1C(=O)N1CC[C@@]2(C1)c1cccn1-c1ncccc1N2CCC(C)C. The van der Waals surface area contributed by atoms with E-state index >= 15 is 0 Å². The normalized spacial score (nSPS) is 19.4. The number of amides is 1. The molecule has 1 fully saturated rings. The molecule has 0 N–H and O–H groups in total. The van der Waals surface area contributed by atoms with E-state index in [0.29, 0.717) is 36.0 Å². The molecule has 5 heterocycles.